The Morgan fingerprint density at radius 2 is 2.00 bits per heavy atom. The number of Topliss-reactive ketones (excluding diaryl/α,β-unsaturated/α-hetero) is 1. The van der Waals surface area contributed by atoms with E-state index in [1.54, 1.807) is 13.3 Å². The second-order valence-electron chi connectivity index (χ2n) is 8.36. The van der Waals surface area contributed by atoms with E-state index in [1.807, 2.05) is 69.4 Å². The molecule has 2 aromatic rings. The molecule has 0 radical (unpaired) electrons. The maximum atomic E-state index is 13.3. The standard InChI is InChI=1S/C23H28N2O6S/c1-23(2)30-21-20(28-13-14-6-8-15(27-5)9-7-14)19(29-22(21)31-23)18(26)16-12-24-17(32-16)10-11-25(3)4/h6-12,19-22H,13H2,1-5H3/b11-10-/t19-,20+,21-,22-/m1/s1. The largest absolute Gasteiger partial charge is 0.497 e. The molecule has 1 aromatic heterocycles. The van der Waals surface area contributed by atoms with Crippen molar-refractivity contribution in [2.45, 2.75) is 50.8 Å². The minimum absolute atomic E-state index is 0.189. The molecule has 0 aliphatic carbocycles. The number of hydrogen-bond donors (Lipinski definition) is 0. The number of thiazole rings is 1. The zero-order chi connectivity index (χ0) is 22.9. The molecule has 0 saturated carbocycles. The molecular formula is C23H28N2O6S. The van der Waals surface area contributed by atoms with Crippen molar-refractivity contribution in [3.05, 3.63) is 52.1 Å². The molecular weight excluding hydrogens is 432 g/mol. The van der Waals surface area contributed by atoms with E-state index in [4.69, 9.17) is 23.7 Å². The van der Waals surface area contributed by atoms with Crippen LogP contribution in [0.25, 0.3) is 6.08 Å². The van der Waals surface area contributed by atoms with Crippen LogP contribution < -0.4 is 4.74 Å². The van der Waals surface area contributed by atoms with Crippen LogP contribution in [0, 0.1) is 0 Å². The summed E-state index contributed by atoms with van der Waals surface area (Å²) < 4.78 is 29.3. The van der Waals surface area contributed by atoms with E-state index in [0.717, 1.165) is 16.3 Å². The first-order chi connectivity index (χ1) is 15.3. The number of aromatic nitrogens is 1. The molecule has 2 fully saturated rings. The van der Waals surface area contributed by atoms with E-state index in [2.05, 4.69) is 4.98 Å². The summed E-state index contributed by atoms with van der Waals surface area (Å²) in [6.45, 7) is 3.94. The topological polar surface area (TPSA) is 79.4 Å². The fourth-order valence-electron chi connectivity index (χ4n) is 3.62. The first-order valence-electron chi connectivity index (χ1n) is 10.4. The van der Waals surface area contributed by atoms with Gasteiger partial charge in [0.05, 0.1) is 18.6 Å². The van der Waals surface area contributed by atoms with Gasteiger partial charge in [0.2, 0.25) is 5.78 Å². The van der Waals surface area contributed by atoms with Crippen molar-refractivity contribution in [2.75, 3.05) is 21.2 Å². The molecule has 0 unspecified atom stereocenters. The van der Waals surface area contributed by atoms with Crippen molar-refractivity contribution in [1.82, 2.24) is 9.88 Å². The van der Waals surface area contributed by atoms with Crippen molar-refractivity contribution >= 4 is 23.2 Å². The Bertz CT molecular complexity index is 971. The summed E-state index contributed by atoms with van der Waals surface area (Å²) in [5.41, 5.74) is 0.951. The SMILES string of the molecule is COc1ccc(CO[C@@H]2[C@H]3OC(C)(C)O[C@H]3O[C@@H]2C(=O)c2cnc(/C=C\N(C)C)s2)cc1. The van der Waals surface area contributed by atoms with E-state index in [9.17, 15) is 4.79 Å². The third kappa shape index (κ3) is 5.02. The van der Waals surface area contributed by atoms with Gasteiger partial charge in [-0.1, -0.05) is 12.1 Å². The molecule has 32 heavy (non-hydrogen) atoms. The molecule has 8 nitrogen and oxygen atoms in total. The van der Waals surface area contributed by atoms with Crippen LogP contribution in [0.15, 0.2) is 36.7 Å². The predicted octanol–water partition coefficient (Wildman–Crippen LogP) is 3.33. The van der Waals surface area contributed by atoms with Crippen LogP contribution >= 0.6 is 11.3 Å². The normalized spacial score (nSPS) is 26.4. The molecule has 2 aliphatic heterocycles. The van der Waals surface area contributed by atoms with Gasteiger partial charge in [-0.25, -0.2) is 4.98 Å². The third-order valence-corrected chi connectivity index (χ3v) is 6.11. The summed E-state index contributed by atoms with van der Waals surface area (Å²) in [6, 6.07) is 7.58. The number of fused-ring (bicyclic) bond motifs is 1. The highest BCUT2D eigenvalue weighted by atomic mass is 32.1. The number of hydrogen-bond acceptors (Lipinski definition) is 9. The Labute approximate surface area is 191 Å². The lowest BCUT2D eigenvalue weighted by molar-refractivity contribution is -0.212. The van der Waals surface area contributed by atoms with Crippen LogP contribution in [-0.4, -0.2) is 67.3 Å². The quantitative estimate of drug-likeness (QED) is 0.555. The van der Waals surface area contributed by atoms with Gasteiger partial charge in [-0.2, -0.15) is 0 Å². The molecule has 3 heterocycles. The third-order valence-electron chi connectivity index (χ3n) is 5.13. The molecule has 0 N–H and O–H groups in total. The lowest BCUT2D eigenvalue weighted by Gasteiger charge is -2.25. The molecule has 4 rings (SSSR count). The minimum Gasteiger partial charge on any atom is -0.497 e. The zero-order valence-electron chi connectivity index (χ0n) is 18.8. The average molecular weight is 461 g/mol. The van der Waals surface area contributed by atoms with Gasteiger partial charge in [0, 0.05) is 26.5 Å². The Hall–Kier alpha value is -2.30. The van der Waals surface area contributed by atoms with Crippen molar-refractivity contribution in [3.8, 4) is 5.75 Å². The fraction of sp³-hybridized carbons (Fsp3) is 0.478. The number of ether oxygens (including phenoxy) is 5. The Balaban J connectivity index is 1.51. The first-order valence-corrected chi connectivity index (χ1v) is 11.2. The van der Waals surface area contributed by atoms with E-state index in [1.165, 1.54) is 11.3 Å². The highest BCUT2D eigenvalue weighted by Crippen LogP contribution is 2.40. The maximum absolute atomic E-state index is 13.3. The summed E-state index contributed by atoms with van der Waals surface area (Å²) in [4.78, 5) is 20.0. The molecule has 0 bridgehead atoms. The summed E-state index contributed by atoms with van der Waals surface area (Å²) >= 11 is 1.31. The monoisotopic (exact) mass is 460 g/mol. The van der Waals surface area contributed by atoms with Gasteiger partial charge < -0.3 is 28.6 Å². The molecule has 0 spiro atoms. The van der Waals surface area contributed by atoms with Gasteiger partial charge >= 0.3 is 0 Å². The van der Waals surface area contributed by atoms with Crippen LogP contribution in [0.2, 0.25) is 0 Å². The van der Waals surface area contributed by atoms with Crippen LogP contribution in [0.1, 0.15) is 34.1 Å². The maximum Gasteiger partial charge on any atom is 0.206 e. The average Bonchev–Trinajstić information content (AvgIpc) is 3.43. The van der Waals surface area contributed by atoms with Gasteiger partial charge in [-0.05, 0) is 37.6 Å². The number of ketones is 1. The van der Waals surface area contributed by atoms with Gasteiger partial charge in [0.25, 0.3) is 0 Å². The Morgan fingerprint density at radius 3 is 2.69 bits per heavy atom. The van der Waals surface area contributed by atoms with E-state index in [-0.39, 0.29) is 5.78 Å². The van der Waals surface area contributed by atoms with Crippen molar-refractivity contribution < 1.29 is 28.5 Å². The summed E-state index contributed by atoms with van der Waals surface area (Å²) in [7, 11) is 5.47. The highest BCUT2D eigenvalue weighted by molar-refractivity contribution is 7.14. The van der Waals surface area contributed by atoms with E-state index < -0.39 is 30.4 Å². The summed E-state index contributed by atoms with van der Waals surface area (Å²) in [5, 5.41) is 0.740. The van der Waals surface area contributed by atoms with E-state index >= 15 is 0 Å². The number of rotatable bonds is 8. The number of carbonyl (C=O) groups is 1. The predicted molar refractivity (Wildman–Crippen MR) is 119 cm³/mol. The molecule has 2 aliphatic rings. The molecule has 4 atom stereocenters. The zero-order valence-corrected chi connectivity index (χ0v) is 19.6. The van der Waals surface area contributed by atoms with E-state index in [0.29, 0.717) is 11.5 Å². The minimum atomic E-state index is -0.842. The van der Waals surface area contributed by atoms with Crippen molar-refractivity contribution in [2.24, 2.45) is 0 Å². The van der Waals surface area contributed by atoms with Crippen LogP contribution in [-0.2, 0) is 25.6 Å². The van der Waals surface area contributed by atoms with Gasteiger partial charge in [0.15, 0.2) is 18.2 Å². The van der Waals surface area contributed by atoms with Gasteiger partial charge in [-0.3, -0.25) is 4.79 Å². The van der Waals surface area contributed by atoms with Crippen LogP contribution in [0.5, 0.6) is 5.75 Å². The first kappa shape index (κ1) is 22.9. The molecule has 2 saturated heterocycles. The molecule has 9 heteroatoms. The second-order valence-corrected chi connectivity index (χ2v) is 9.42. The van der Waals surface area contributed by atoms with Crippen molar-refractivity contribution in [1.29, 1.82) is 0 Å². The lowest BCUT2D eigenvalue weighted by atomic mass is 10.1. The van der Waals surface area contributed by atoms with Gasteiger partial charge in [0.1, 0.15) is 23.0 Å². The molecule has 172 valence electrons. The summed E-state index contributed by atoms with van der Waals surface area (Å²) in [6.07, 6.45) is 2.70. The van der Waals surface area contributed by atoms with Crippen LogP contribution in [0.3, 0.4) is 0 Å². The second kappa shape index (κ2) is 9.29. The highest BCUT2D eigenvalue weighted by Gasteiger charge is 2.57. The molecule has 1 aromatic carbocycles. The Morgan fingerprint density at radius 1 is 1.25 bits per heavy atom. The molecule has 0 amide bonds. The summed E-state index contributed by atoms with van der Waals surface area (Å²) in [5.74, 6) is -0.226. The van der Waals surface area contributed by atoms with Crippen molar-refractivity contribution in [3.63, 3.8) is 0 Å². The van der Waals surface area contributed by atoms with Crippen LogP contribution in [0.4, 0.5) is 0 Å². The Kier molecular flexibility index (Phi) is 6.64. The fourth-order valence-corrected chi connectivity index (χ4v) is 4.40. The number of nitrogens with zero attached hydrogens (tertiary/aromatic N) is 2. The smallest absolute Gasteiger partial charge is 0.206 e. The number of methoxy groups -OCH3 is 1. The number of carbonyl (C=O) groups excluding carboxylic acids is 1. The van der Waals surface area contributed by atoms with Gasteiger partial charge in [-0.15, -0.1) is 11.3 Å². The lowest BCUT2D eigenvalue weighted by Crippen LogP contribution is -2.40. The number of benzene rings is 1.